The van der Waals surface area contributed by atoms with Crippen molar-refractivity contribution < 1.29 is 4.79 Å². The maximum atomic E-state index is 12.5. The largest absolute Gasteiger partial charge is 0.287 e. The first-order valence-electron chi connectivity index (χ1n) is 5.63. The zero-order valence-corrected chi connectivity index (χ0v) is 11.8. The van der Waals surface area contributed by atoms with Gasteiger partial charge in [0.25, 0.3) is 0 Å². The molecule has 0 atom stereocenters. The van der Waals surface area contributed by atoms with Gasteiger partial charge in [-0.15, -0.1) is 0 Å². The minimum atomic E-state index is -0.0263. The van der Waals surface area contributed by atoms with E-state index >= 15 is 0 Å². The van der Waals surface area contributed by atoms with Crippen molar-refractivity contribution in [3.63, 3.8) is 0 Å². The molecular weight excluding hydrogens is 314 g/mol. The van der Waals surface area contributed by atoms with Gasteiger partial charge in [0.2, 0.25) is 5.78 Å². The maximum absolute atomic E-state index is 12.5. The van der Waals surface area contributed by atoms with Gasteiger partial charge in [0, 0.05) is 21.3 Å². The minimum absolute atomic E-state index is 0.0263. The minimum Gasteiger partial charge on any atom is -0.287 e. The molecule has 3 rings (SSSR count). The molecule has 0 spiro atoms. The molecule has 1 aromatic heterocycles. The molecule has 1 aliphatic rings. The van der Waals surface area contributed by atoms with Crippen molar-refractivity contribution in [2.75, 3.05) is 0 Å². The van der Waals surface area contributed by atoms with Gasteiger partial charge in [0.05, 0.1) is 0 Å². The fraction of sp³-hybridized carbons (Fsp3) is 0.143. The number of rotatable bonds is 0. The van der Waals surface area contributed by atoms with E-state index in [0.29, 0.717) is 16.3 Å². The van der Waals surface area contributed by atoms with Crippen molar-refractivity contribution in [3.8, 4) is 0 Å². The third-order valence-corrected chi connectivity index (χ3v) is 3.98. The first-order valence-corrected chi connectivity index (χ1v) is 6.80. The molecule has 0 radical (unpaired) electrons. The molecule has 2 aromatic rings. The van der Waals surface area contributed by atoms with Gasteiger partial charge < -0.3 is 0 Å². The summed E-state index contributed by atoms with van der Waals surface area (Å²) in [5.41, 5.74) is 3.23. The highest BCUT2D eigenvalue weighted by Gasteiger charge is 2.24. The molecule has 0 aliphatic heterocycles. The van der Waals surface area contributed by atoms with E-state index in [9.17, 15) is 4.79 Å². The summed E-state index contributed by atoms with van der Waals surface area (Å²) in [5.74, 6) is -0.0263. The number of pyridine rings is 1. The van der Waals surface area contributed by atoms with E-state index in [1.54, 1.807) is 12.3 Å². The highest BCUT2D eigenvalue weighted by atomic mass is 79.9. The number of ketones is 1. The Morgan fingerprint density at radius 3 is 2.83 bits per heavy atom. The fourth-order valence-corrected chi connectivity index (χ4v) is 3.36. The van der Waals surface area contributed by atoms with Gasteiger partial charge in [0.1, 0.15) is 5.69 Å². The average Bonchev–Trinajstić information content (AvgIpc) is 2.48. The van der Waals surface area contributed by atoms with E-state index in [1.807, 2.05) is 18.2 Å². The van der Waals surface area contributed by atoms with Gasteiger partial charge in [0.15, 0.2) is 0 Å². The predicted octanol–water partition coefficient (Wildman–Crippen LogP) is 3.83. The Morgan fingerprint density at radius 2 is 2.00 bits per heavy atom. The second-order valence-electron chi connectivity index (χ2n) is 4.26. The quantitative estimate of drug-likeness (QED) is 0.738. The van der Waals surface area contributed by atoms with E-state index in [-0.39, 0.29) is 5.78 Å². The third-order valence-electron chi connectivity index (χ3n) is 3.13. The fourth-order valence-electron chi connectivity index (χ4n) is 2.31. The molecule has 90 valence electrons. The van der Waals surface area contributed by atoms with E-state index in [1.165, 1.54) is 0 Å². The van der Waals surface area contributed by atoms with Gasteiger partial charge in [-0.1, -0.05) is 17.7 Å². The second kappa shape index (κ2) is 4.48. The smallest absolute Gasteiger partial charge is 0.213 e. The Kier molecular flexibility index (Phi) is 2.96. The van der Waals surface area contributed by atoms with Gasteiger partial charge in [-0.2, -0.15) is 0 Å². The number of carbonyl (C=O) groups is 1. The van der Waals surface area contributed by atoms with Crippen molar-refractivity contribution in [2.45, 2.75) is 12.8 Å². The first kappa shape index (κ1) is 11.9. The number of aryl methyl sites for hydroxylation is 2. The SMILES string of the molecule is O=C1c2ncccc2CCc2cc(Cl)cc(Br)c21. The molecule has 1 aliphatic carbocycles. The average molecular weight is 323 g/mol. The van der Waals surface area contributed by atoms with Crippen LogP contribution < -0.4 is 0 Å². The number of aromatic nitrogens is 1. The van der Waals surface area contributed by atoms with Crippen LogP contribution in [0.15, 0.2) is 34.9 Å². The Bertz CT molecular complexity index is 654. The summed E-state index contributed by atoms with van der Waals surface area (Å²) in [4.78, 5) is 16.7. The molecule has 0 unspecified atom stereocenters. The topological polar surface area (TPSA) is 30.0 Å². The van der Waals surface area contributed by atoms with Crippen LogP contribution in [0.4, 0.5) is 0 Å². The summed E-state index contributed by atoms with van der Waals surface area (Å²) >= 11 is 9.46. The molecule has 0 bridgehead atoms. The molecule has 0 saturated heterocycles. The summed E-state index contributed by atoms with van der Waals surface area (Å²) in [6.07, 6.45) is 3.28. The molecule has 1 heterocycles. The van der Waals surface area contributed by atoms with Gasteiger partial charge in [-0.3, -0.25) is 9.78 Å². The number of nitrogens with zero attached hydrogens (tertiary/aromatic N) is 1. The zero-order chi connectivity index (χ0) is 12.7. The lowest BCUT2D eigenvalue weighted by molar-refractivity contribution is 0.103. The van der Waals surface area contributed by atoms with Crippen LogP contribution >= 0.6 is 27.5 Å². The Hall–Kier alpha value is -1.19. The summed E-state index contributed by atoms with van der Waals surface area (Å²) in [6, 6.07) is 7.45. The number of fused-ring (bicyclic) bond motifs is 2. The van der Waals surface area contributed by atoms with E-state index < -0.39 is 0 Å². The molecule has 4 heteroatoms. The van der Waals surface area contributed by atoms with Gasteiger partial charge in [-0.05, 0) is 58.1 Å². The maximum Gasteiger partial charge on any atom is 0.213 e. The van der Waals surface area contributed by atoms with Crippen molar-refractivity contribution in [1.82, 2.24) is 4.98 Å². The van der Waals surface area contributed by atoms with Crippen LogP contribution in [0, 0.1) is 0 Å². The standard InChI is InChI=1S/C14H9BrClNO/c15-11-7-10(16)6-9-4-3-8-2-1-5-17-13(8)14(18)12(9)11/h1-2,5-7H,3-4H2. The van der Waals surface area contributed by atoms with Crippen LogP contribution in [0.25, 0.3) is 0 Å². The predicted molar refractivity (Wildman–Crippen MR) is 74.2 cm³/mol. The van der Waals surface area contributed by atoms with Crippen LogP contribution in [-0.2, 0) is 12.8 Å². The molecule has 0 N–H and O–H groups in total. The molecular formula is C14H9BrClNO. The number of hydrogen-bond acceptors (Lipinski definition) is 2. The molecule has 0 fully saturated rings. The van der Waals surface area contributed by atoms with Crippen molar-refractivity contribution in [3.05, 3.63) is 62.3 Å². The number of benzene rings is 1. The summed E-state index contributed by atoms with van der Waals surface area (Å²) < 4.78 is 0.744. The van der Waals surface area contributed by atoms with E-state index in [2.05, 4.69) is 20.9 Å². The highest BCUT2D eigenvalue weighted by Crippen LogP contribution is 2.31. The van der Waals surface area contributed by atoms with Crippen LogP contribution in [-0.4, -0.2) is 10.8 Å². The van der Waals surface area contributed by atoms with Crippen LogP contribution in [0.1, 0.15) is 27.2 Å². The molecule has 0 amide bonds. The Morgan fingerprint density at radius 1 is 1.22 bits per heavy atom. The monoisotopic (exact) mass is 321 g/mol. The third kappa shape index (κ3) is 1.88. The van der Waals surface area contributed by atoms with E-state index in [4.69, 9.17) is 11.6 Å². The number of halogens is 2. The first-order chi connectivity index (χ1) is 8.66. The van der Waals surface area contributed by atoms with Gasteiger partial charge >= 0.3 is 0 Å². The summed E-state index contributed by atoms with van der Waals surface area (Å²) in [6.45, 7) is 0. The molecule has 1 aromatic carbocycles. The second-order valence-corrected chi connectivity index (χ2v) is 5.55. The van der Waals surface area contributed by atoms with E-state index in [0.717, 1.165) is 28.4 Å². The number of carbonyl (C=O) groups excluding carboxylic acids is 1. The van der Waals surface area contributed by atoms with Crippen LogP contribution in [0.2, 0.25) is 5.02 Å². The Balaban J connectivity index is 2.25. The highest BCUT2D eigenvalue weighted by molar-refractivity contribution is 9.10. The van der Waals surface area contributed by atoms with Gasteiger partial charge in [-0.25, -0.2) is 0 Å². The van der Waals surface area contributed by atoms with Crippen molar-refractivity contribution >= 4 is 33.3 Å². The molecule has 2 nitrogen and oxygen atoms in total. The zero-order valence-electron chi connectivity index (χ0n) is 9.41. The normalized spacial score (nSPS) is 13.8. The molecule has 0 saturated carbocycles. The Labute approximate surface area is 118 Å². The van der Waals surface area contributed by atoms with Crippen LogP contribution in [0.5, 0.6) is 0 Å². The summed E-state index contributed by atoms with van der Waals surface area (Å²) in [5, 5.41) is 0.646. The molecule has 18 heavy (non-hydrogen) atoms. The lowest BCUT2D eigenvalue weighted by Gasteiger charge is -2.07. The lowest BCUT2D eigenvalue weighted by atomic mass is 10.0. The van der Waals surface area contributed by atoms with Crippen LogP contribution in [0.3, 0.4) is 0 Å². The lowest BCUT2D eigenvalue weighted by Crippen LogP contribution is -2.07. The van der Waals surface area contributed by atoms with Crippen molar-refractivity contribution in [1.29, 1.82) is 0 Å². The van der Waals surface area contributed by atoms with Crippen molar-refractivity contribution in [2.24, 2.45) is 0 Å². The summed E-state index contributed by atoms with van der Waals surface area (Å²) in [7, 11) is 0. The number of hydrogen-bond donors (Lipinski definition) is 0.